The van der Waals surface area contributed by atoms with Crippen molar-refractivity contribution in [2.24, 2.45) is 5.41 Å². The molecule has 2 heteroatoms. The van der Waals surface area contributed by atoms with Crippen LogP contribution in [0, 0.1) is 5.41 Å². The Labute approximate surface area is 67.9 Å². The van der Waals surface area contributed by atoms with Crippen LogP contribution in [0.15, 0.2) is 12.7 Å². The summed E-state index contributed by atoms with van der Waals surface area (Å²) >= 11 is 0. The van der Waals surface area contributed by atoms with Gasteiger partial charge in [-0.25, -0.2) is 0 Å². The average Bonchev–Trinajstić information content (AvgIpc) is 1.87. The maximum atomic E-state index is 11.0. The third-order valence-corrected chi connectivity index (χ3v) is 2.45. The second-order valence-electron chi connectivity index (χ2n) is 3.55. The third-order valence-electron chi connectivity index (χ3n) is 2.45. The second kappa shape index (κ2) is 2.78. The highest BCUT2D eigenvalue weighted by molar-refractivity contribution is 5.85. The molecule has 2 nitrogen and oxygen atoms in total. The fraction of sp³-hybridized carbons (Fsp3) is 0.667. The van der Waals surface area contributed by atoms with Crippen LogP contribution < -0.4 is 0 Å². The molecule has 1 N–H and O–H groups in total. The van der Waals surface area contributed by atoms with Gasteiger partial charge in [0.05, 0.1) is 0 Å². The summed E-state index contributed by atoms with van der Waals surface area (Å²) in [6, 6.07) is 0. The van der Waals surface area contributed by atoms with Crippen molar-refractivity contribution in [2.75, 3.05) is 0 Å². The molecule has 0 aromatic carbocycles. The Hall–Kier alpha value is -0.630. The number of carbonyl (C=O) groups excluding carboxylic acids is 1. The molecule has 0 radical (unpaired) electrons. The summed E-state index contributed by atoms with van der Waals surface area (Å²) in [6.07, 6.45) is 1.59. The fourth-order valence-electron chi connectivity index (χ4n) is 0.652. The van der Waals surface area contributed by atoms with Gasteiger partial charge < -0.3 is 5.11 Å². The van der Waals surface area contributed by atoms with Crippen LogP contribution in [0.4, 0.5) is 0 Å². The van der Waals surface area contributed by atoms with Crippen LogP contribution in [0.25, 0.3) is 0 Å². The van der Waals surface area contributed by atoms with E-state index in [0.29, 0.717) is 0 Å². The maximum Gasteiger partial charge on any atom is 0.161 e. The minimum atomic E-state index is -1.31. The molecule has 0 aliphatic carbocycles. The predicted molar refractivity (Wildman–Crippen MR) is 45.3 cm³/mol. The molecule has 1 atom stereocenters. The van der Waals surface area contributed by atoms with Gasteiger partial charge in [-0.1, -0.05) is 19.9 Å². The molecule has 0 amide bonds. The minimum Gasteiger partial charge on any atom is -0.381 e. The number of rotatable bonds is 3. The lowest BCUT2D eigenvalue weighted by Crippen LogP contribution is -2.46. The molecule has 0 aliphatic rings. The van der Waals surface area contributed by atoms with Crippen LogP contribution in [0.1, 0.15) is 27.7 Å². The minimum absolute atomic E-state index is 0.234. The van der Waals surface area contributed by atoms with E-state index in [0.717, 1.165) is 0 Å². The van der Waals surface area contributed by atoms with Crippen molar-refractivity contribution in [2.45, 2.75) is 33.3 Å². The summed E-state index contributed by atoms with van der Waals surface area (Å²) in [5.74, 6) is -0.234. The van der Waals surface area contributed by atoms with Gasteiger partial charge in [-0.05, 0) is 13.8 Å². The normalized spacial score (nSPS) is 17.2. The van der Waals surface area contributed by atoms with Gasteiger partial charge in [0.2, 0.25) is 0 Å². The van der Waals surface area contributed by atoms with Crippen molar-refractivity contribution in [3.8, 4) is 0 Å². The van der Waals surface area contributed by atoms with Crippen LogP contribution in [-0.4, -0.2) is 16.5 Å². The zero-order valence-electron chi connectivity index (χ0n) is 7.64. The second-order valence-corrected chi connectivity index (χ2v) is 3.55. The van der Waals surface area contributed by atoms with Gasteiger partial charge in [-0.15, -0.1) is 6.58 Å². The third kappa shape index (κ3) is 1.69. The Morgan fingerprint density at radius 3 is 1.91 bits per heavy atom. The van der Waals surface area contributed by atoms with E-state index < -0.39 is 11.0 Å². The van der Waals surface area contributed by atoms with Crippen molar-refractivity contribution in [1.82, 2.24) is 0 Å². The van der Waals surface area contributed by atoms with E-state index in [-0.39, 0.29) is 5.78 Å². The topological polar surface area (TPSA) is 37.3 Å². The Kier molecular flexibility index (Phi) is 2.62. The average molecular weight is 156 g/mol. The zero-order chi connectivity index (χ0) is 9.28. The van der Waals surface area contributed by atoms with Crippen LogP contribution in [0.3, 0.4) is 0 Å². The summed E-state index contributed by atoms with van der Waals surface area (Å²) in [4.78, 5) is 11.0. The molecule has 0 aliphatic heterocycles. The highest BCUT2D eigenvalue weighted by Crippen LogP contribution is 2.32. The van der Waals surface area contributed by atoms with Crippen LogP contribution in [0.5, 0.6) is 0 Å². The van der Waals surface area contributed by atoms with E-state index >= 15 is 0 Å². The first-order valence-electron chi connectivity index (χ1n) is 3.62. The molecule has 0 saturated heterocycles. The first kappa shape index (κ1) is 10.4. The van der Waals surface area contributed by atoms with E-state index in [1.165, 1.54) is 13.8 Å². The van der Waals surface area contributed by atoms with Gasteiger partial charge >= 0.3 is 0 Å². The van der Waals surface area contributed by atoms with Gasteiger partial charge in [0.1, 0.15) is 5.60 Å². The van der Waals surface area contributed by atoms with Crippen molar-refractivity contribution in [3.05, 3.63) is 12.7 Å². The number of ketones is 1. The Morgan fingerprint density at radius 2 is 1.82 bits per heavy atom. The fourth-order valence-corrected chi connectivity index (χ4v) is 0.652. The maximum absolute atomic E-state index is 11.0. The molecule has 0 spiro atoms. The number of carbonyl (C=O) groups is 1. The summed E-state index contributed by atoms with van der Waals surface area (Å²) < 4.78 is 0. The standard InChI is InChI=1S/C9H16O2/c1-6-8(3,4)9(5,11)7(2)10/h6,11H,1H2,2-5H3. The predicted octanol–water partition coefficient (Wildman–Crippen LogP) is 1.54. The van der Waals surface area contributed by atoms with Gasteiger partial charge in [0.15, 0.2) is 5.78 Å². The lowest BCUT2D eigenvalue weighted by atomic mass is 9.74. The molecular weight excluding hydrogens is 140 g/mol. The van der Waals surface area contributed by atoms with Crippen LogP contribution in [0.2, 0.25) is 0 Å². The lowest BCUT2D eigenvalue weighted by molar-refractivity contribution is -0.141. The molecule has 0 aromatic heterocycles. The Bertz CT molecular complexity index is 178. The molecule has 64 valence electrons. The van der Waals surface area contributed by atoms with Crippen LogP contribution >= 0.6 is 0 Å². The Balaban J connectivity index is 4.81. The van der Waals surface area contributed by atoms with Gasteiger partial charge in [0.25, 0.3) is 0 Å². The van der Waals surface area contributed by atoms with Crippen molar-refractivity contribution < 1.29 is 9.90 Å². The van der Waals surface area contributed by atoms with Gasteiger partial charge in [0, 0.05) is 5.41 Å². The molecule has 0 saturated carbocycles. The largest absolute Gasteiger partial charge is 0.381 e. The van der Waals surface area contributed by atoms with Crippen molar-refractivity contribution >= 4 is 5.78 Å². The summed E-state index contributed by atoms with van der Waals surface area (Å²) in [5, 5.41) is 9.70. The zero-order valence-corrected chi connectivity index (χ0v) is 7.64. The van der Waals surface area contributed by atoms with Gasteiger partial charge in [-0.2, -0.15) is 0 Å². The summed E-state index contributed by atoms with van der Waals surface area (Å²) in [5.41, 5.74) is -1.88. The van der Waals surface area contributed by atoms with E-state index in [1.807, 2.05) is 0 Å². The van der Waals surface area contributed by atoms with Gasteiger partial charge in [-0.3, -0.25) is 4.79 Å². The number of aliphatic hydroxyl groups is 1. The first-order chi connectivity index (χ1) is 4.75. The highest BCUT2D eigenvalue weighted by atomic mass is 16.3. The molecule has 0 heterocycles. The SMILES string of the molecule is C=CC(C)(C)C(C)(O)C(C)=O. The van der Waals surface area contributed by atoms with E-state index in [1.54, 1.807) is 19.9 Å². The molecule has 0 fully saturated rings. The summed E-state index contributed by atoms with van der Waals surface area (Å²) in [7, 11) is 0. The molecule has 1 unspecified atom stereocenters. The van der Waals surface area contributed by atoms with Crippen molar-refractivity contribution in [3.63, 3.8) is 0 Å². The van der Waals surface area contributed by atoms with E-state index in [9.17, 15) is 9.90 Å². The molecule has 0 bridgehead atoms. The first-order valence-corrected chi connectivity index (χ1v) is 3.62. The monoisotopic (exact) mass is 156 g/mol. The quantitative estimate of drug-likeness (QED) is 0.629. The lowest BCUT2D eigenvalue weighted by Gasteiger charge is -2.35. The Morgan fingerprint density at radius 1 is 1.45 bits per heavy atom. The highest BCUT2D eigenvalue weighted by Gasteiger charge is 2.40. The number of hydrogen-bond acceptors (Lipinski definition) is 2. The number of hydrogen-bond donors (Lipinski definition) is 1. The molecular formula is C9H16O2. The molecule has 0 aromatic rings. The molecule has 0 rings (SSSR count). The van der Waals surface area contributed by atoms with E-state index in [2.05, 4.69) is 6.58 Å². The van der Waals surface area contributed by atoms with E-state index in [4.69, 9.17) is 0 Å². The smallest absolute Gasteiger partial charge is 0.161 e. The van der Waals surface area contributed by atoms with Crippen LogP contribution in [-0.2, 0) is 4.79 Å². The molecule has 11 heavy (non-hydrogen) atoms. The van der Waals surface area contributed by atoms with Crippen molar-refractivity contribution in [1.29, 1.82) is 0 Å². The number of Topliss-reactive ketones (excluding diaryl/α,β-unsaturated/α-hetero) is 1. The summed E-state index contributed by atoms with van der Waals surface area (Å²) in [6.45, 7) is 10.0.